The summed E-state index contributed by atoms with van der Waals surface area (Å²) in [5.41, 5.74) is -1.25. The van der Waals surface area contributed by atoms with Crippen LogP contribution in [0, 0.1) is 0 Å². The van der Waals surface area contributed by atoms with Gasteiger partial charge in [0.25, 0.3) is 0 Å². The molecule has 1 aliphatic heterocycles. The molecule has 70 valence electrons. The third kappa shape index (κ3) is 1.95. The van der Waals surface area contributed by atoms with Gasteiger partial charge in [0.15, 0.2) is 5.60 Å². The Labute approximate surface area is 71.9 Å². The quantitative estimate of drug-likeness (QED) is 0.533. The van der Waals surface area contributed by atoms with Gasteiger partial charge < -0.3 is 15.2 Å². The van der Waals surface area contributed by atoms with Crippen molar-refractivity contribution in [3.8, 4) is 0 Å². The van der Waals surface area contributed by atoms with Crippen molar-refractivity contribution < 1.29 is 14.6 Å². The molecule has 1 fully saturated rings. The van der Waals surface area contributed by atoms with Crippen LogP contribution in [-0.2, 0) is 9.53 Å². The van der Waals surface area contributed by atoms with Gasteiger partial charge in [-0.25, -0.2) is 4.79 Å². The van der Waals surface area contributed by atoms with Gasteiger partial charge in [0, 0.05) is 0 Å². The second-order valence-electron chi connectivity index (χ2n) is 3.13. The first-order valence-corrected chi connectivity index (χ1v) is 4.20. The van der Waals surface area contributed by atoms with Gasteiger partial charge in [-0.05, 0) is 32.4 Å². The Morgan fingerprint density at radius 2 is 2.25 bits per heavy atom. The van der Waals surface area contributed by atoms with E-state index in [2.05, 4.69) is 10.1 Å². The summed E-state index contributed by atoms with van der Waals surface area (Å²) in [6, 6.07) is 0. The lowest BCUT2D eigenvalue weighted by Gasteiger charge is -2.22. The first-order valence-electron chi connectivity index (χ1n) is 4.20. The van der Waals surface area contributed by atoms with Crippen molar-refractivity contribution in [1.29, 1.82) is 0 Å². The fourth-order valence-electron chi connectivity index (χ4n) is 1.45. The van der Waals surface area contributed by atoms with E-state index in [0.29, 0.717) is 19.4 Å². The highest BCUT2D eigenvalue weighted by atomic mass is 16.5. The van der Waals surface area contributed by atoms with Gasteiger partial charge in [-0.3, -0.25) is 0 Å². The van der Waals surface area contributed by atoms with Gasteiger partial charge in [-0.1, -0.05) is 0 Å². The first-order chi connectivity index (χ1) is 5.69. The van der Waals surface area contributed by atoms with E-state index >= 15 is 0 Å². The molecule has 0 amide bonds. The predicted molar refractivity (Wildman–Crippen MR) is 43.7 cm³/mol. The number of nitrogens with one attached hydrogen (secondary N) is 1. The SMILES string of the molecule is COC(=O)C1(O)CCCNCC1. The monoisotopic (exact) mass is 173 g/mol. The van der Waals surface area contributed by atoms with Crippen molar-refractivity contribution >= 4 is 5.97 Å². The Bertz CT molecular complexity index is 162. The predicted octanol–water partition coefficient (Wildman–Crippen LogP) is -0.336. The molecule has 0 aromatic carbocycles. The molecule has 0 aliphatic carbocycles. The number of ether oxygens (including phenoxy) is 1. The number of carbonyl (C=O) groups is 1. The van der Waals surface area contributed by atoms with Gasteiger partial charge >= 0.3 is 5.97 Å². The van der Waals surface area contributed by atoms with E-state index in [1.165, 1.54) is 7.11 Å². The summed E-state index contributed by atoms with van der Waals surface area (Å²) in [5, 5.41) is 12.9. The number of hydrogen-bond acceptors (Lipinski definition) is 4. The maximum absolute atomic E-state index is 11.1. The summed E-state index contributed by atoms with van der Waals surface area (Å²) >= 11 is 0. The van der Waals surface area contributed by atoms with Crippen LogP contribution >= 0.6 is 0 Å². The van der Waals surface area contributed by atoms with E-state index in [0.717, 1.165) is 13.0 Å². The minimum absolute atomic E-state index is 0.444. The van der Waals surface area contributed by atoms with Gasteiger partial charge in [-0.15, -0.1) is 0 Å². The number of carbonyl (C=O) groups excluding carboxylic acids is 1. The molecule has 1 heterocycles. The third-order valence-electron chi connectivity index (χ3n) is 2.22. The zero-order valence-electron chi connectivity index (χ0n) is 7.30. The molecular formula is C8H15NO3. The van der Waals surface area contributed by atoms with Crippen LogP contribution in [0.4, 0.5) is 0 Å². The molecule has 1 atom stereocenters. The fourth-order valence-corrected chi connectivity index (χ4v) is 1.45. The Kier molecular flexibility index (Phi) is 3.05. The summed E-state index contributed by atoms with van der Waals surface area (Å²) in [5.74, 6) is -0.508. The van der Waals surface area contributed by atoms with Gasteiger partial charge in [0.05, 0.1) is 7.11 Å². The molecule has 12 heavy (non-hydrogen) atoms. The van der Waals surface area contributed by atoms with Crippen molar-refractivity contribution in [1.82, 2.24) is 5.32 Å². The second-order valence-corrected chi connectivity index (χ2v) is 3.13. The molecule has 0 radical (unpaired) electrons. The molecule has 4 nitrogen and oxygen atoms in total. The fraction of sp³-hybridized carbons (Fsp3) is 0.875. The van der Waals surface area contributed by atoms with Crippen LogP contribution in [0.25, 0.3) is 0 Å². The van der Waals surface area contributed by atoms with Gasteiger partial charge in [-0.2, -0.15) is 0 Å². The summed E-state index contributed by atoms with van der Waals surface area (Å²) in [6.45, 7) is 1.53. The molecule has 0 spiro atoms. The zero-order chi connectivity index (χ0) is 9.03. The van der Waals surface area contributed by atoms with E-state index in [1.54, 1.807) is 0 Å². The van der Waals surface area contributed by atoms with Crippen molar-refractivity contribution in [2.24, 2.45) is 0 Å². The molecule has 1 rings (SSSR count). The molecule has 2 N–H and O–H groups in total. The maximum atomic E-state index is 11.1. The highest BCUT2D eigenvalue weighted by Gasteiger charge is 2.36. The van der Waals surface area contributed by atoms with E-state index in [4.69, 9.17) is 0 Å². The topological polar surface area (TPSA) is 58.6 Å². The minimum atomic E-state index is -1.25. The normalized spacial score (nSPS) is 30.8. The van der Waals surface area contributed by atoms with Crippen molar-refractivity contribution in [2.45, 2.75) is 24.9 Å². The number of esters is 1. The van der Waals surface area contributed by atoms with Crippen molar-refractivity contribution in [2.75, 3.05) is 20.2 Å². The Hall–Kier alpha value is -0.610. The molecule has 0 bridgehead atoms. The zero-order valence-corrected chi connectivity index (χ0v) is 7.30. The largest absolute Gasteiger partial charge is 0.467 e. The molecule has 0 aromatic heterocycles. The minimum Gasteiger partial charge on any atom is -0.467 e. The lowest BCUT2D eigenvalue weighted by Crippen LogP contribution is -2.40. The van der Waals surface area contributed by atoms with Crippen LogP contribution in [0.3, 0.4) is 0 Å². The van der Waals surface area contributed by atoms with E-state index < -0.39 is 11.6 Å². The van der Waals surface area contributed by atoms with E-state index in [1.807, 2.05) is 0 Å². The number of hydrogen-bond donors (Lipinski definition) is 2. The number of rotatable bonds is 1. The molecule has 0 saturated carbocycles. The van der Waals surface area contributed by atoms with Crippen LogP contribution in [0.2, 0.25) is 0 Å². The molecule has 0 aromatic rings. The van der Waals surface area contributed by atoms with Gasteiger partial charge in [0.2, 0.25) is 0 Å². The average molecular weight is 173 g/mol. The lowest BCUT2D eigenvalue weighted by molar-refractivity contribution is -0.163. The highest BCUT2D eigenvalue weighted by Crippen LogP contribution is 2.20. The summed E-state index contributed by atoms with van der Waals surface area (Å²) in [7, 11) is 1.30. The Balaban J connectivity index is 2.59. The smallest absolute Gasteiger partial charge is 0.337 e. The maximum Gasteiger partial charge on any atom is 0.337 e. The van der Waals surface area contributed by atoms with Crippen LogP contribution in [0.15, 0.2) is 0 Å². The molecule has 1 saturated heterocycles. The van der Waals surface area contributed by atoms with Crippen LogP contribution in [0.1, 0.15) is 19.3 Å². The lowest BCUT2D eigenvalue weighted by atomic mass is 9.95. The van der Waals surface area contributed by atoms with Gasteiger partial charge in [0.1, 0.15) is 0 Å². The Morgan fingerprint density at radius 1 is 1.50 bits per heavy atom. The van der Waals surface area contributed by atoms with Crippen LogP contribution < -0.4 is 5.32 Å². The summed E-state index contributed by atoms with van der Waals surface area (Å²) in [6.07, 6.45) is 1.75. The highest BCUT2D eigenvalue weighted by molar-refractivity contribution is 5.79. The summed E-state index contributed by atoms with van der Waals surface area (Å²) < 4.78 is 4.53. The van der Waals surface area contributed by atoms with E-state index in [9.17, 15) is 9.90 Å². The average Bonchev–Trinajstić information content (AvgIpc) is 2.29. The van der Waals surface area contributed by atoms with Crippen LogP contribution in [-0.4, -0.2) is 36.9 Å². The standard InChI is InChI=1S/C8H15NO3/c1-12-7(10)8(11)3-2-5-9-6-4-8/h9,11H,2-6H2,1H3. The number of methoxy groups -OCH3 is 1. The van der Waals surface area contributed by atoms with Crippen molar-refractivity contribution in [3.05, 3.63) is 0 Å². The molecular weight excluding hydrogens is 158 g/mol. The first kappa shape index (κ1) is 9.48. The second kappa shape index (κ2) is 3.87. The van der Waals surface area contributed by atoms with Crippen molar-refractivity contribution in [3.63, 3.8) is 0 Å². The van der Waals surface area contributed by atoms with E-state index in [-0.39, 0.29) is 0 Å². The number of aliphatic hydroxyl groups is 1. The molecule has 4 heteroatoms. The summed E-state index contributed by atoms with van der Waals surface area (Å²) in [4.78, 5) is 11.1. The molecule has 1 aliphatic rings. The Morgan fingerprint density at radius 3 is 2.92 bits per heavy atom. The third-order valence-corrected chi connectivity index (χ3v) is 2.22. The molecule has 1 unspecified atom stereocenters. The van der Waals surface area contributed by atoms with Crippen LogP contribution in [0.5, 0.6) is 0 Å².